The van der Waals surface area contributed by atoms with Gasteiger partial charge in [-0.05, 0) is 182 Å². The highest BCUT2D eigenvalue weighted by molar-refractivity contribution is 6.28. The molecule has 0 aliphatic carbocycles. The Hall–Kier alpha value is -10.3. The lowest BCUT2D eigenvalue weighted by atomic mass is 9.89. The fourth-order valence-corrected chi connectivity index (χ4v) is 13.0. The van der Waals surface area contributed by atoms with E-state index in [1.165, 1.54) is 120 Å². The van der Waals surface area contributed by atoms with Gasteiger partial charge in [-0.1, -0.05) is 218 Å². The van der Waals surface area contributed by atoms with E-state index in [9.17, 15) is 0 Å². The van der Waals surface area contributed by atoms with Gasteiger partial charge in [-0.15, -0.1) is 0 Å². The molecule has 0 fully saturated rings. The van der Waals surface area contributed by atoms with E-state index < -0.39 is 0 Å². The van der Waals surface area contributed by atoms with E-state index in [-0.39, 0.29) is 0 Å². The Labute approximate surface area is 452 Å². The molecule has 0 saturated heterocycles. The highest BCUT2D eigenvalue weighted by Gasteiger charge is 2.22. The summed E-state index contributed by atoms with van der Waals surface area (Å²) in [7, 11) is 0. The first-order valence-corrected chi connectivity index (χ1v) is 27.0. The van der Waals surface area contributed by atoms with Crippen LogP contribution in [0.4, 0.5) is 34.1 Å². The van der Waals surface area contributed by atoms with Crippen molar-refractivity contribution in [2.24, 2.45) is 0 Å². The number of fused-ring (bicyclic) bond motifs is 2. The van der Waals surface area contributed by atoms with E-state index in [0.29, 0.717) is 0 Å². The minimum absolute atomic E-state index is 1.10. The maximum atomic E-state index is 2.41. The standard InChI is InChI=1S/C76H48N2/c1-3-21-57(22-4-1)77(59-39-35-49(36-40-59)69-47-55-19-11-15-51-31-33-53-17-13-29-67(69)75(53)73(51)55)71-45-43-63(61-25-7-9-27-65(61)71)64-44-46-72(66-28-10-8-26-62(64)66)78(58-23-5-2-6-24-58)60-41-37-50(38-42-60)70-48-56-20-12-16-52-32-34-54-18-14-30-68(70)76(54)74(52)56/h1-48H. The van der Waals surface area contributed by atoms with Crippen LogP contribution in [0, 0.1) is 0 Å². The third-order valence-corrected chi connectivity index (χ3v) is 16.5. The van der Waals surface area contributed by atoms with Crippen LogP contribution in [0.1, 0.15) is 0 Å². The predicted octanol–water partition coefficient (Wildman–Crippen LogP) is 21.7. The number of para-hydroxylation sites is 2. The predicted molar refractivity (Wildman–Crippen MR) is 335 cm³/mol. The van der Waals surface area contributed by atoms with Crippen LogP contribution < -0.4 is 9.80 Å². The lowest BCUT2D eigenvalue weighted by molar-refractivity contribution is 1.30. The molecule has 0 amide bonds. The van der Waals surface area contributed by atoms with Gasteiger partial charge >= 0.3 is 0 Å². The SMILES string of the molecule is c1ccc(N(c2ccc(-c3cc4cccc5ccc6cccc3c6c54)cc2)c2ccc(-c3ccc(N(c4ccccc4)c4ccc(-c5cc6cccc7ccc8cccc5c8c76)cc4)c4ccccc34)c3ccccc23)cc1. The van der Waals surface area contributed by atoms with E-state index in [1.807, 2.05) is 0 Å². The molecule has 0 aliphatic heterocycles. The summed E-state index contributed by atoms with van der Waals surface area (Å²) in [5, 5.41) is 20.3. The van der Waals surface area contributed by atoms with Crippen LogP contribution in [-0.2, 0) is 0 Å². The first-order valence-electron chi connectivity index (χ1n) is 27.0. The molecule has 362 valence electrons. The molecule has 0 aromatic heterocycles. The molecular weight excluding hydrogens is 941 g/mol. The van der Waals surface area contributed by atoms with Crippen LogP contribution in [-0.4, -0.2) is 0 Å². The average Bonchev–Trinajstić information content (AvgIpc) is 3.54. The van der Waals surface area contributed by atoms with Gasteiger partial charge < -0.3 is 9.80 Å². The van der Waals surface area contributed by atoms with E-state index in [0.717, 1.165) is 34.1 Å². The smallest absolute Gasteiger partial charge is 0.0540 e. The normalized spacial score (nSPS) is 11.8. The van der Waals surface area contributed by atoms with Crippen molar-refractivity contribution in [3.05, 3.63) is 291 Å². The summed E-state index contributed by atoms with van der Waals surface area (Å²) in [6.45, 7) is 0. The lowest BCUT2D eigenvalue weighted by Crippen LogP contribution is -2.11. The van der Waals surface area contributed by atoms with Gasteiger partial charge in [-0.3, -0.25) is 0 Å². The molecular formula is C76H48N2. The minimum Gasteiger partial charge on any atom is -0.310 e. The van der Waals surface area contributed by atoms with E-state index in [4.69, 9.17) is 0 Å². The first kappa shape index (κ1) is 44.1. The zero-order valence-electron chi connectivity index (χ0n) is 42.6. The first-order chi connectivity index (χ1) is 38.7. The van der Waals surface area contributed by atoms with Crippen molar-refractivity contribution in [2.75, 3.05) is 9.80 Å². The van der Waals surface area contributed by atoms with E-state index in [1.54, 1.807) is 0 Å². The Morgan fingerprint density at radius 1 is 0.179 bits per heavy atom. The van der Waals surface area contributed by atoms with Gasteiger partial charge in [0.1, 0.15) is 0 Å². The molecule has 2 nitrogen and oxygen atoms in total. The quantitative estimate of drug-likeness (QED) is 0.133. The van der Waals surface area contributed by atoms with Crippen LogP contribution in [0.25, 0.3) is 120 Å². The van der Waals surface area contributed by atoms with Gasteiger partial charge in [0.25, 0.3) is 0 Å². The lowest BCUT2D eigenvalue weighted by Gasteiger charge is -2.29. The van der Waals surface area contributed by atoms with E-state index >= 15 is 0 Å². The van der Waals surface area contributed by atoms with Crippen molar-refractivity contribution in [2.45, 2.75) is 0 Å². The third-order valence-electron chi connectivity index (χ3n) is 16.5. The second kappa shape index (κ2) is 17.7. The maximum Gasteiger partial charge on any atom is 0.0540 e. The largest absolute Gasteiger partial charge is 0.310 e. The van der Waals surface area contributed by atoms with Gasteiger partial charge in [-0.2, -0.15) is 0 Å². The van der Waals surface area contributed by atoms with Crippen molar-refractivity contribution >= 4 is 120 Å². The molecule has 0 spiro atoms. The summed E-state index contributed by atoms with van der Waals surface area (Å²) in [4.78, 5) is 4.83. The number of anilines is 6. The molecule has 0 aliphatic rings. The van der Waals surface area contributed by atoms with Crippen LogP contribution in [0.3, 0.4) is 0 Å². The zero-order valence-corrected chi connectivity index (χ0v) is 42.6. The minimum atomic E-state index is 1.10. The van der Waals surface area contributed by atoms with Crippen molar-refractivity contribution in [3.63, 3.8) is 0 Å². The molecule has 0 heterocycles. The summed E-state index contributed by atoms with van der Waals surface area (Å²) in [6, 6.07) is 108. The number of hydrogen-bond donors (Lipinski definition) is 0. The molecule has 0 radical (unpaired) electrons. The number of nitrogens with zero attached hydrogens (tertiary/aromatic N) is 2. The van der Waals surface area contributed by atoms with Crippen LogP contribution >= 0.6 is 0 Å². The summed E-state index contributed by atoms with van der Waals surface area (Å²) < 4.78 is 0. The molecule has 16 aromatic rings. The molecule has 0 saturated carbocycles. The molecule has 0 atom stereocenters. The summed E-state index contributed by atoms with van der Waals surface area (Å²) >= 11 is 0. The Morgan fingerprint density at radius 2 is 0.500 bits per heavy atom. The molecule has 0 unspecified atom stereocenters. The van der Waals surface area contributed by atoms with Gasteiger partial charge in [0, 0.05) is 33.5 Å². The van der Waals surface area contributed by atoms with Crippen LogP contribution in [0.15, 0.2) is 291 Å². The number of rotatable bonds is 9. The molecule has 0 N–H and O–H groups in total. The zero-order chi connectivity index (χ0) is 51.3. The molecule has 16 aromatic carbocycles. The third kappa shape index (κ3) is 6.90. The van der Waals surface area contributed by atoms with Gasteiger partial charge in [0.05, 0.1) is 11.4 Å². The van der Waals surface area contributed by atoms with Crippen LogP contribution in [0.5, 0.6) is 0 Å². The fraction of sp³-hybridized carbons (Fsp3) is 0. The van der Waals surface area contributed by atoms with Gasteiger partial charge in [-0.25, -0.2) is 0 Å². The Bertz CT molecular complexity index is 4630. The topological polar surface area (TPSA) is 6.48 Å². The van der Waals surface area contributed by atoms with Crippen LogP contribution in [0.2, 0.25) is 0 Å². The second-order valence-electron chi connectivity index (χ2n) is 20.7. The monoisotopic (exact) mass is 988 g/mol. The molecule has 78 heavy (non-hydrogen) atoms. The fourth-order valence-electron chi connectivity index (χ4n) is 13.0. The number of hydrogen-bond acceptors (Lipinski definition) is 2. The van der Waals surface area contributed by atoms with Crippen molar-refractivity contribution in [1.82, 2.24) is 0 Å². The Balaban J connectivity index is 0.800. The Morgan fingerprint density at radius 3 is 0.910 bits per heavy atom. The van der Waals surface area contributed by atoms with E-state index in [2.05, 4.69) is 301 Å². The van der Waals surface area contributed by atoms with Gasteiger partial charge in [0.2, 0.25) is 0 Å². The summed E-state index contributed by atoms with van der Waals surface area (Å²) in [5.74, 6) is 0. The summed E-state index contributed by atoms with van der Waals surface area (Å²) in [6.07, 6.45) is 0. The van der Waals surface area contributed by atoms with Gasteiger partial charge in [0.15, 0.2) is 0 Å². The average molecular weight is 989 g/mol. The molecule has 2 heteroatoms. The van der Waals surface area contributed by atoms with Crippen molar-refractivity contribution < 1.29 is 0 Å². The second-order valence-corrected chi connectivity index (χ2v) is 20.7. The summed E-state index contributed by atoms with van der Waals surface area (Å²) in [5.41, 5.74) is 13.9. The molecule has 0 bridgehead atoms. The Kier molecular flexibility index (Phi) is 9.98. The maximum absolute atomic E-state index is 2.41. The highest BCUT2D eigenvalue weighted by atomic mass is 15.1. The highest BCUT2D eigenvalue weighted by Crippen LogP contribution is 2.48. The molecule has 16 rings (SSSR count). The number of benzene rings is 16. The van der Waals surface area contributed by atoms with Crippen molar-refractivity contribution in [3.8, 4) is 33.4 Å². The van der Waals surface area contributed by atoms with Crippen molar-refractivity contribution in [1.29, 1.82) is 0 Å².